The van der Waals surface area contributed by atoms with Crippen molar-refractivity contribution in [1.82, 2.24) is 0 Å². The summed E-state index contributed by atoms with van der Waals surface area (Å²) in [6.07, 6.45) is 0. The van der Waals surface area contributed by atoms with Crippen LogP contribution >= 0.6 is 22.6 Å². The summed E-state index contributed by atoms with van der Waals surface area (Å²) in [5, 5.41) is 10.5. The average Bonchev–Trinajstić information content (AvgIpc) is 2.08. The minimum absolute atomic E-state index is 0.0301. The van der Waals surface area contributed by atoms with Crippen molar-refractivity contribution in [1.29, 1.82) is 0 Å². The number of hydrogen-bond acceptors (Lipinski definition) is 4. The zero-order chi connectivity index (χ0) is 10.0. The lowest BCUT2D eigenvalue weighted by Gasteiger charge is -2.04. The Bertz CT molecular complexity index is 354. The zero-order valence-electron chi connectivity index (χ0n) is 6.78. The van der Waals surface area contributed by atoms with Gasteiger partial charge in [0.05, 0.1) is 12.0 Å². The lowest BCUT2D eigenvalue weighted by atomic mass is 10.2. The van der Waals surface area contributed by atoms with Crippen molar-refractivity contribution in [3.63, 3.8) is 0 Å². The molecule has 0 saturated carbocycles. The first-order valence-electron chi connectivity index (χ1n) is 3.33. The Morgan fingerprint density at radius 1 is 1.62 bits per heavy atom. The molecule has 2 N–H and O–H groups in total. The van der Waals surface area contributed by atoms with Gasteiger partial charge in [-0.1, -0.05) is 0 Å². The minimum Gasteiger partial charge on any atom is -0.495 e. The molecule has 0 saturated heterocycles. The van der Waals surface area contributed by atoms with Gasteiger partial charge in [0.25, 0.3) is 5.69 Å². The number of benzene rings is 1. The van der Waals surface area contributed by atoms with Crippen LogP contribution in [0.5, 0.6) is 5.75 Å². The van der Waals surface area contributed by atoms with Crippen LogP contribution < -0.4 is 10.5 Å². The third kappa shape index (κ3) is 2.00. The van der Waals surface area contributed by atoms with E-state index in [0.717, 1.165) is 0 Å². The van der Waals surface area contributed by atoms with E-state index in [1.165, 1.54) is 13.2 Å². The lowest BCUT2D eigenvalue weighted by Crippen LogP contribution is -1.97. The number of halogens is 1. The SMILES string of the molecule is COc1cc(N)cc([N+](=O)[O-])c1I. The van der Waals surface area contributed by atoms with Gasteiger partial charge in [-0.15, -0.1) is 0 Å². The molecule has 0 heterocycles. The van der Waals surface area contributed by atoms with Crippen molar-refractivity contribution >= 4 is 34.0 Å². The molecular weight excluding hydrogens is 287 g/mol. The van der Waals surface area contributed by atoms with Gasteiger partial charge in [-0.3, -0.25) is 10.1 Å². The van der Waals surface area contributed by atoms with Crippen LogP contribution in [0.3, 0.4) is 0 Å². The van der Waals surface area contributed by atoms with Gasteiger partial charge in [0.2, 0.25) is 0 Å². The predicted molar refractivity (Wildman–Crippen MR) is 56.8 cm³/mol. The number of nitrogens with two attached hydrogens (primary N) is 1. The Hall–Kier alpha value is -1.05. The molecule has 1 aromatic rings. The van der Waals surface area contributed by atoms with Gasteiger partial charge in [-0.25, -0.2) is 0 Å². The van der Waals surface area contributed by atoms with Crippen molar-refractivity contribution in [2.45, 2.75) is 0 Å². The van der Waals surface area contributed by atoms with Gasteiger partial charge in [-0.05, 0) is 22.6 Å². The van der Waals surface area contributed by atoms with E-state index in [2.05, 4.69) is 0 Å². The van der Waals surface area contributed by atoms with Gasteiger partial charge >= 0.3 is 0 Å². The molecule has 1 rings (SSSR count). The third-order valence-electron chi connectivity index (χ3n) is 1.46. The highest BCUT2D eigenvalue weighted by Gasteiger charge is 2.16. The average molecular weight is 294 g/mol. The summed E-state index contributed by atoms with van der Waals surface area (Å²) >= 11 is 1.85. The van der Waals surface area contributed by atoms with Crippen molar-refractivity contribution < 1.29 is 9.66 Å². The summed E-state index contributed by atoms with van der Waals surface area (Å²) in [6.45, 7) is 0. The standard InChI is InChI=1S/C7H7IN2O3/c1-13-6-3-4(9)2-5(7(6)8)10(11)12/h2-3H,9H2,1H3. The van der Waals surface area contributed by atoms with E-state index >= 15 is 0 Å². The van der Waals surface area contributed by atoms with Crippen LogP contribution in [-0.4, -0.2) is 12.0 Å². The predicted octanol–water partition coefficient (Wildman–Crippen LogP) is 1.79. The largest absolute Gasteiger partial charge is 0.495 e. The topological polar surface area (TPSA) is 78.4 Å². The molecule has 0 aromatic heterocycles. The fraction of sp³-hybridized carbons (Fsp3) is 0.143. The molecule has 5 nitrogen and oxygen atoms in total. The smallest absolute Gasteiger partial charge is 0.288 e. The summed E-state index contributed by atoms with van der Waals surface area (Å²) in [5.74, 6) is 0.423. The van der Waals surface area contributed by atoms with Gasteiger partial charge in [0.1, 0.15) is 9.32 Å². The normalized spacial score (nSPS) is 9.69. The van der Waals surface area contributed by atoms with E-state index in [1.54, 1.807) is 6.07 Å². The molecule has 0 unspecified atom stereocenters. The second-order valence-corrected chi connectivity index (χ2v) is 3.39. The molecule has 0 spiro atoms. The van der Waals surface area contributed by atoms with Crippen molar-refractivity contribution in [2.75, 3.05) is 12.8 Å². The quantitative estimate of drug-likeness (QED) is 0.390. The molecule has 0 atom stereocenters. The van der Waals surface area contributed by atoms with Gasteiger partial charge in [0, 0.05) is 17.8 Å². The van der Waals surface area contributed by atoms with E-state index in [4.69, 9.17) is 10.5 Å². The number of ether oxygens (including phenoxy) is 1. The van der Waals surface area contributed by atoms with Gasteiger partial charge in [-0.2, -0.15) is 0 Å². The van der Waals surface area contributed by atoms with Crippen molar-refractivity contribution in [3.8, 4) is 5.75 Å². The molecule has 0 amide bonds. The number of nitrogens with zero attached hydrogens (tertiary/aromatic N) is 1. The second-order valence-electron chi connectivity index (χ2n) is 2.31. The Balaban J connectivity index is 3.35. The Morgan fingerprint density at radius 2 is 2.23 bits per heavy atom. The van der Waals surface area contributed by atoms with Crippen LogP contribution in [0.1, 0.15) is 0 Å². The number of nitrogen functional groups attached to an aromatic ring is 1. The zero-order valence-corrected chi connectivity index (χ0v) is 8.94. The number of anilines is 1. The van der Waals surface area contributed by atoms with E-state index in [0.29, 0.717) is 15.0 Å². The highest BCUT2D eigenvalue weighted by atomic mass is 127. The molecule has 0 aliphatic carbocycles. The van der Waals surface area contributed by atoms with E-state index in [-0.39, 0.29) is 5.69 Å². The van der Waals surface area contributed by atoms with E-state index in [9.17, 15) is 10.1 Å². The second kappa shape index (κ2) is 3.77. The fourth-order valence-electron chi connectivity index (χ4n) is 0.885. The monoisotopic (exact) mass is 294 g/mol. The first kappa shape index (κ1) is 10.0. The molecule has 0 aliphatic heterocycles. The molecule has 0 aliphatic rings. The Kier molecular flexibility index (Phi) is 2.91. The van der Waals surface area contributed by atoms with Crippen LogP contribution in [-0.2, 0) is 0 Å². The lowest BCUT2D eigenvalue weighted by molar-refractivity contribution is -0.385. The number of hydrogen-bond donors (Lipinski definition) is 1. The van der Waals surface area contributed by atoms with Crippen LogP contribution in [0.2, 0.25) is 0 Å². The van der Waals surface area contributed by atoms with E-state index in [1.807, 2.05) is 22.6 Å². The molecular formula is C7H7IN2O3. The summed E-state index contributed by atoms with van der Waals surface area (Å²) in [4.78, 5) is 10.0. The van der Waals surface area contributed by atoms with Gasteiger partial charge < -0.3 is 10.5 Å². The molecule has 0 bridgehead atoms. The molecule has 70 valence electrons. The summed E-state index contributed by atoms with van der Waals surface area (Å²) in [6, 6.07) is 2.86. The number of nitro groups is 1. The molecule has 13 heavy (non-hydrogen) atoms. The first-order chi connectivity index (χ1) is 6.06. The molecule has 0 radical (unpaired) electrons. The van der Waals surface area contributed by atoms with E-state index < -0.39 is 4.92 Å². The minimum atomic E-state index is -0.485. The first-order valence-corrected chi connectivity index (χ1v) is 4.41. The highest BCUT2D eigenvalue weighted by Crippen LogP contribution is 2.32. The number of methoxy groups -OCH3 is 1. The van der Waals surface area contributed by atoms with Gasteiger partial charge in [0.15, 0.2) is 0 Å². The maximum Gasteiger partial charge on any atom is 0.288 e. The number of rotatable bonds is 2. The van der Waals surface area contributed by atoms with Crippen LogP contribution in [0, 0.1) is 13.7 Å². The van der Waals surface area contributed by atoms with Crippen molar-refractivity contribution in [3.05, 3.63) is 25.8 Å². The summed E-state index contributed by atoms with van der Waals surface area (Å²) < 4.78 is 5.38. The molecule has 6 heteroatoms. The maximum atomic E-state index is 10.5. The third-order valence-corrected chi connectivity index (χ3v) is 2.54. The number of nitro benzene ring substituents is 1. The Labute approximate surface area is 88.2 Å². The van der Waals surface area contributed by atoms with Crippen LogP contribution in [0.15, 0.2) is 12.1 Å². The summed E-state index contributed by atoms with van der Waals surface area (Å²) in [7, 11) is 1.45. The van der Waals surface area contributed by atoms with Crippen LogP contribution in [0.25, 0.3) is 0 Å². The Morgan fingerprint density at radius 3 is 2.69 bits per heavy atom. The highest BCUT2D eigenvalue weighted by molar-refractivity contribution is 14.1. The van der Waals surface area contributed by atoms with Crippen LogP contribution in [0.4, 0.5) is 11.4 Å². The molecule has 1 aromatic carbocycles. The fourth-order valence-corrected chi connectivity index (χ4v) is 1.61. The molecule has 0 fully saturated rings. The van der Waals surface area contributed by atoms with Crippen molar-refractivity contribution in [2.24, 2.45) is 0 Å². The maximum absolute atomic E-state index is 10.5. The summed E-state index contributed by atoms with van der Waals surface area (Å²) in [5.41, 5.74) is 5.75.